The summed E-state index contributed by atoms with van der Waals surface area (Å²) in [5.74, 6) is 2.40. The molecule has 2 atom stereocenters. The molecule has 6 heteroatoms. The summed E-state index contributed by atoms with van der Waals surface area (Å²) in [5.41, 5.74) is 1.32. The Morgan fingerprint density at radius 1 is 1.06 bits per heavy atom. The van der Waals surface area contributed by atoms with Gasteiger partial charge in [-0.25, -0.2) is 4.79 Å². The molecule has 2 aliphatic carbocycles. The Balaban J connectivity index is 1.17. The lowest BCUT2D eigenvalue weighted by molar-refractivity contribution is -0.138. The fourth-order valence-electron chi connectivity index (χ4n) is 5.20. The van der Waals surface area contributed by atoms with Crippen LogP contribution in [0.2, 0.25) is 0 Å². The Labute approximate surface area is 188 Å². The molecule has 6 nitrogen and oxygen atoms in total. The van der Waals surface area contributed by atoms with Gasteiger partial charge in [0.2, 0.25) is 5.91 Å². The molecule has 1 N–H and O–H groups in total. The summed E-state index contributed by atoms with van der Waals surface area (Å²) < 4.78 is 11.1. The fraction of sp³-hybridized carbons (Fsp3) is 0.462. The number of alkyl carbamates (subject to hydrolysis) is 1. The van der Waals surface area contributed by atoms with Gasteiger partial charge in [-0.05, 0) is 68.9 Å². The van der Waals surface area contributed by atoms with Gasteiger partial charge in [0.15, 0.2) is 0 Å². The minimum Gasteiger partial charge on any atom is -0.457 e. The van der Waals surface area contributed by atoms with Gasteiger partial charge in [0.05, 0.1) is 6.10 Å². The molecule has 168 valence electrons. The number of hydrogen-bond acceptors (Lipinski definition) is 4. The van der Waals surface area contributed by atoms with E-state index in [0.717, 1.165) is 31.0 Å². The van der Waals surface area contributed by atoms with Crippen LogP contribution in [-0.4, -0.2) is 42.1 Å². The van der Waals surface area contributed by atoms with E-state index in [1.807, 2.05) is 61.2 Å². The Morgan fingerprint density at radius 2 is 1.81 bits per heavy atom. The molecule has 2 aromatic carbocycles. The zero-order valence-corrected chi connectivity index (χ0v) is 18.6. The van der Waals surface area contributed by atoms with E-state index in [4.69, 9.17) is 9.47 Å². The summed E-state index contributed by atoms with van der Waals surface area (Å²) in [5, 5.41) is 2.85. The zero-order valence-electron chi connectivity index (χ0n) is 18.6. The van der Waals surface area contributed by atoms with Crippen LogP contribution in [0.1, 0.15) is 38.7 Å². The fourth-order valence-corrected chi connectivity index (χ4v) is 5.20. The molecule has 1 aliphatic heterocycles. The van der Waals surface area contributed by atoms with E-state index >= 15 is 0 Å². The maximum atomic E-state index is 13.0. The second-order valence-corrected chi connectivity index (χ2v) is 9.68. The molecule has 5 rings (SSSR count). The first-order valence-electron chi connectivity index (χ1n) is 11.5. The first-order chi connectivity index (χ1) is 15.4. The van der Waals surface area contributed by atoms with Gasteiger partial charge in [0.25, 0.3) is 0 Å². The average Bonchev–Trinajstić information content (AvgIpc) is 3.31. The molecule has 2 saturated carbocycles. The van der Waals surface area contributed by atoms with Crippen LogP contribution in [0.15, 0.2) is 54.6 Å². The Kier molecular flexibility index (Phi) is 5.31. The van der Waals surface area contributed by atoms with Gasteiger partial charge in [-0.15, -0.1) is 0 Å². The number of amides is 2. The largest absolute Gasteiger partial charge is 0.457 e. The Hall–Kier alpha value is -3.02. The predicted octanol–water partition coefficient (Wildman–Crippen LogP) is 4.49. The molecule has 0 radical (unpaired) electrons. The van der Waals surface area contributed by atoms with Gasteiger partial charge in [-0.1, -0.05) is 30.3 Å². The number of carbonyl (C=O) groups excluding carboxylic acids is 2. The van der Waals surface area contributed by atoms with Crippen molar-refractivity contribution >= 4 is 12.0 Å². The van der Waals surface area contributed by atoms with Crippen LogP contribution in [0.4, 0.5) is 4.79 Å². The highest BCUT2D eigenvalue weighted by Gasteiger charge is 2.62. The molecule has 32 heavy (non-hydrogen) atoms. The first kappa shape index (κ1) is 20.9. The van der Waals surface area contributed by atoms with Crippen LogP contribution in [0.25, 0.3) is 0 Å². The van der Waals surface area contributed by atoms with Crippen molar-refractivity contribution in [3.05, 3.63) is 60.2 Å². The highest BCUT2D eigenvalue weighted by atomic mass is 16.6. The highest BCUT2D eigenvalue weighted by Crippen LogP contribution is 2.59. The third-order valence-electron chi connectivity index (χ3n) is 7.00. The third kappa shape index (κ3) is 4.06. The Morgan fingerprint density at radius 3 is 2.56 bits per heavy atom. The van der Waals surface area contributed by atoms with Crippen molar-refractivity contribution in [2.24, 2.45) is 11.8 Å². The normalized spacial score (nSPS) is 28.0. The van der Waals surface area contributed by atoms with Gasteiger partial charge >= 0.3 is 6.09 Å². The predicted molar refractivity (Wildman–Crippen MR) is 121 cm³/mol. The average molecular weight is 435 g/mol. The second-order valence-electron chi connectivity index (χ2n) is 9.68. The van der Waals surface area contributed by atoms with Crippen LogP contribution < -0.4 is 10.1 Å². The van der Waals surface area contributed by atoms with Gasteiger partial charge in [-0.3, -0.25) is 4.79 Å². The summed E-state index contributed by atoms with van der Waals surface area (Å²) in [7, 11) is 0. The number of rotatable bonds is 6. The van der Waals surface area contributed by atoms with Crippen LogP contribution in [0.5, 0.6) is 11.5 Å². The topological polar surface area (TPSA) is 67.9 Å². The number of piperidine rings is 1. The lowest BCUT2D eigenvalue weighted by Crippen LogP contribution is -2.50. The lowest BCUT2D eigenvalue weighted by Gasteiger charge is -2.37. The van der Waals surface area contributed by atoms with Crippen LogP contribution in [0, 0.1) is 11.8 Å². The number of nitrogens with zero attached hydrogens (tertiary/aromatic N) is 1. The molecule has 1 saturated heterocycles. The van der Waals surface area contributed by atoms with Crippen molar-refractivity contribution in [2.45, 2.75) is 50.7 Å². The third-order valence-corrected chi connectivity index (χ3v) is 7.00. The molecule has 0 bridgehead atoms. The molecule has 0 aromatic heterocycles. The second kappa shape index (κ2) is 8.15. The van der Waals surface area contributed by atoms with Gasteiger partial charge < -0.3 is 19.7 Å². The molecule has 2 aromatic rings. The quantitative estimate of drug-likeness (QED) is 0.727. The number of para-hydroxylation sites is 1. The Bertz CT molecular complexity index is 1000. The van der Waals surface area contributed by atoms with Gasteiger partial charge in [0, 0.05) is 30.5 Å². The summed E-state index contributed by atoms with van der Waals surface area (Å²) in [6.45, 7) is 5.25. The van der Waals surface area contributed by atoms with E-state index < -0.39 is 6.09 Å². The standard InChI is InChI=1S/C26H30N2O4/c1-17(2)31-25(30)27-21-11-18(12-21)24(29)28-15-20-14-26(20,16-28)19-7-6-10-23(13-19)32-22-8-4-3-5-9-22/h3-10,13,17-18,20-21H,11-12,14-16H2,1-2H3,(H,27,30)/t18-,20?,21+,26?. The van der Waals surface area contributed by atoms with Crippen LogP contribution >= 0.6 is 0 Å². The summed E-state index contributed by atoms with van der Waals surface area (Å²) in [6.07, 6.45) is 1.98. The summed E-state index contributed by atoms with van der Waals surface area (Å²) >= 11 is 0. The number of hydrogen-bond donors (Lipinski definition) is 1. The van der Waals surface area contributed by atoms with Crippen LogP contribution in [-0.2, 0) is 14.9 Å². The summed E-state index contributed by atoms with van der Waals surface area (Å²) in [6, 6.07) is 18.1. The lowest BCUT2D eigenvalue weighted by atomic mass is 9.79. The molecular weight excluding hydrogens is 404 g/mol. The molecule has 2 amide bonds. The van der Waals surface area contributed by atoms with Crippen molar-refractivity contribution in [3.8, 4) is 11.5 Å². The molecule has 3 fully saturated rings. The van der Waals surface area contributed by atoms with E-state index in [1.165, 1.54) is 5.56 Å². The van der Waals surface area contributed by atoms with Crippen molar-refractivity contribution < 1.29 is 19.1 Å². The van der Waals surface area contributed by atoms with Crippen molar-refractivity contribution in [2.75, 3.05) is 13.1 Å². The molecule has 1 heterocycles. The van der Waals surface area contributed by atoms with E-state index in [-0.39, 0.29) is 29.4 Å². The highest BCUT2D eigenvalue weighted by molar-refractivity contribution is 5.81. The smallest absolute Gasteiger partial charge is 0.407 e. The minimum absolute atomic E-state index is 0.00153. The maximum Gasteiger partial charge on any atom is 0.407 e. The number of nitrogens with one attached hydrogen (secondary N) is 1. The number of likely N-dealkylation sites (tertiary alicyclic amines) is 1. The SMILES string of the molecule is CC(C)OC(=O)N[C@H]1C[C@@H](C(=O)N2CC3CC3(c3cccc(Oc4ccccc4)c3)C2)C1. The maximum absolute atomic E-state index is 13.0. The summed E-state index contributed by atoms with van der Waals surface area (Å²) in [4.78, 5) is 26.8. The number of ether oxygens (including phenoxy) is 2. The molecule has 0 spiro atoms. The van der Waals surface area contributed by atoms with Gasteiger partial charge in [0.1, 0.15) is 11.5 Å². The number of carbonyl (C=O) groups is 2. The molecule has 2 unspecified atom stereocenters. The van der Waals surface area contributed by atoms with Crippen molar-refractivity contribution in [1.82, 2.24) is 10.2 Å². The zero-order chi connectivity index (χ0) is 22.3. The van der Waals surface area contributed by atoms with Crippen molar-refractivity contribution in [1.29, 1.82) is 0 Å². The number of benzene rings is 2. The van der Waals surface area contributed by atoms with E-state index in [9.17, 15) is 9.59 Å². The van der Waals surface area contributed by atoms with Crippen LogP contribution in [0.3, 0.4) is 0 Å². The monoisotopic (exact) mass is 434 g/mol. The minimum atomic E-state index is -0.394. The van der Waals surface area contributed by atoms with E-state index in [2.05, 4.69) is 17.4 Å². The van der Waals surface area contributed by atoms with Gasteiger partial charge in [-0.2, -0.15) is 0 Å². The van der Waals surface area contributed by atoms with Crippen molar-refractivity contribution in [3.63, 3.8) is 0 Å². The number of fused-ring (bicyclic) bond motifs is 1. The first-order valence-corrected chi connectivity index (χ1v) is 11.5. The molecule has 3 aliphatic rings. The van der Waals surface area contributed by atoms with E-state index in [0.29, 0.717) is 18.8 Å². The van der Waals surface area contributed by atoms with E-state index in [1.54, 1.807) is 0 Å². The molecular formula is C26H30N2O4.